The Morgan fingerprint density at radius 2 is 1.79 bits per heavy atom. The fraction of sp³-hybridized carbons (Fsp3) is 0.280. The first-order valence-electron chi connectivity index (χ1n) is 11.2. The second-order valence-electron chi connectivity index (χ2n) is 7.96. The Labute approximate surface area is 192 Å². The van der Waals surface area contributed by atoms with E-state index in [9.17, 15) is 4.79 Å². The first-order valence-corrected chi connectivity index (χ1v) is 11.2. The van der Waals surface area contributed by atoms with E-state index in [4.69, 9.17) is 14.7 Å². The summed E-state index contributed by atoms with van der Waals surface area (Å²) in [4.78, 5) is 26.7. The van der Waals surface area contributed by atoms with Crippen molar-refractivity contribution in [1.29, 1.82) is 0 Å². The fourth-order valence-electron chi connectivity index (χ4n) is 4.15. The number of ether oxygens (including phenoxy) is 1. The molecular formula is C25H26N6O2. The number of hydrogen-bond donors (Lipinski definition) is 0. The number of nitrogens with zero attached hydrogens (tertiary/aromatic N) is 6. The summed E-state index contributed by atoms with van der Waals surface area (Å²) in [6.07, 6.45) is 2.57. The number of rotatable bonds is 5. The summed E-state index contributed by atoms with van der Waals surface area (Å²) in [5.41, 5.74) is 2.41. The van der Waals surface area contributed by atoms with Crippen LogP contribution in [0, 0.1) is 0 Å². The van der Waals surface area contributed by atoms with E-state index in [0.29, 0.717) is 37.5 Å². The Balaban J connectivity index is 1.40. The number of hydrogen-bond acceptors (Lipinski definition) is 6. The van der Waals surface area contributed by atoms with Crippen molar-refractivity contribution in [3.63, 3.8) is 0 Å². The van der Waals surface area contributed by atoms with Crippen molar-refractivity contribution in [2.24, 2.45) is 0 Å². The number of para-hydroxylation sites is 1. The van der Waals surface area contributed by atoms with Gasteiger partial charge in [-0.25, -0.2) is 14.6 Å². The Morgan fingerprint density at radius 3 is 2.52 bits per heavy atom. The fourth-order valence-corrected chi connectivity index (χ4v) is 4.15. The van der Waals surface area contributed by atoms with Gasteiger partial charge in [0.25, 0.3) is 5.91 Å². The third-order valence-electron chi connectivity index (χ3n) is 5.95. The van der Waals surface area contributed by atoms with E-state index in [0.717, 1.165) is 34.8 Å². The number of amides is 1. The van der Waals surface area contributed by atoms with Gasteiger partial charge in [0, 0.05) is 38.2 Å². The number of fused-ring (bicyclic) bond motifs is 1. The third kappa shape index (κ3) is 4.00. The summed E-state index contributed by atoms with van der Waals surface area (Å²) in [6, 6.07) is 17.3. The number of benzene rings is 2. The van der Waals surface area contributed by atoms with Crippen LogP contribution in [0.3, 0.4) is 0 Å². The molecule has 5 rings (SSSR count). The van der Waals surface area contributed by atoms with Crippen LogP contribution in [0.5, 0.6) is 5.75 Å². The minimum absolute atomic E-state index is 0.0209. The molecule has 3 heterocycles. The van der Waals surface area contributed by atoms with Crippen LogP contribution >= 0.6 is 0 Å². The summed E-state index contributed by atoms with van der Waals surface area (Å²) in [7, 11) is 1.61. The molecule has 33 heavy (non-hydrogen) atoms. The van der Waals surface area contributed by atoms with Crippen molar-refractivity contribution in [3.05, 3.63) is 72.2 Å². The van der Waals surface area contributed by atoms with Crippen LogP contribution in [0.25, 0.3) is 16.7 Å². The van der Waals surface area contributed by atoms with E-state index >= 15 is 0 Å². The van der Waals surface area contributed by atoms with Crippen LogP contribution in [0.2, 0.25) is 0 Å². The lowest BCUT2D eigenvalue weighted by atomic mass is 10.1. The Bertz CT molecular complexity index is 1280. The lowest BCUT2D eigenvalue weighted by Crippen LogP contribution is -2.49. The molecule has 0 spiro atoms. The van der Waals surface area contributed by atoms with E-state index in [1.54, 1.807) is 13.2 Å². The number of piperazine rings is 1. The molecule has 1 amide bonds. The molecule has 8 heteroatoms. The SMILES string of the molecule is CCc1nc(N2CCN(C(=O)c3cccc(OC)c3)CC2)c2cnn(-c3ccccc3)c2n1. The van der Waals surface area contributed by atoms with Crippen molar-refractivity contribution >= 4 is 22.8 Å². The molecule has 1 aliphatic heterocycles. The number of anilines is 1. The number of aromatic nitrogens is 4. The van der Waals surface area contributed by atoms with Crippen LogP contribution < -0.4 is 9.64 Å². The summed E-state index contributed by atoms with van der Waals surface area (Å²) in [6.45, 7) is 4.69. The minimum Gasteiger partial charge on any atom is -0.497 e. The van der Waals surface area contributed by atoms with Gasteiger partial charge in [0.05, 0.1) is 24.4 Å². The summed E-state index contributed by atoms with van der Waals surface area (Å²) in [5.74, 6) is 2.37. The first-order chi connectivity index (χ1) is 16.2. The number of carbonyl (C=O) groups excluding carboxylic acids is 1. The largest absolute Gasteiger partial charge is 0.497 e. The van der Waals surface area contributed by atoms with Crippen molar-refractivity contribution < 1.29 is 9.53 Å². The second kappa shape index (κ2) is 8.90. The van der Waals surface area contributed by atoms with Crippen LogP contribution in [0.1, 0.15) is 23.1 Å². The molecule has 0 aliphatic carbocycles. The standard InChI is InChI=1S/C25H26N6O2/c1-3-22-27-23(21-17-26-31(24(21)28-22)19-9-5-4-6-10-19)29-12-14-30(15-13-29)25(32)18-8-7-11-20(16-18)33-2/h4-11,16-17H,3,12-15H2,1-2H3. The highest BCUT2D eigenvalue weighted by atomic mass is 16.5. The molecule has 0 radical (unpaired) electrons. The first kappa shape index (κ1) is 20.9. The van der Waals surface area contributed by atoms with Crippen LogP contribution in [-0.4, -0.2) is 63.8 Å². The molecule has 0 bridgehead atoms. The lowest BCUT2D eigenvalue weighted by Gasteiger charge is -2.35. The monoisotopic (exact) mass is 442 g/mol. The smallest absolute Gasteiger partial charge is 0.254 e. The molecule has 1 saturated heterocycles. The van der Waals surface area contributed by atoms with Gasteiger partial charge in [0.1, 0.15) is 17.4 Å². The summed E-state index contributed by atoms with van der Waals surface area (Å²) in [5, 5.41) is 5.53. The van der Waals surface area contributed by atoms with Gasteiger partial charge in [-0.15, -0.1) is 0 Å². The Morgan fingerprint density at radius 1 is 1.00 bits per heavy atom. The Kier molecular flexibility index (Phi) is 5.64. The Hall–Kier alpha value is -3.94. The van der Waals surface area contributed by atoms with Crippen LogP contribution in [0.15, 0.2) is 60.8 Å². The molecule has 4 aromatic rings. The highest BCUT2D eigenvalue weighted by Crippen LogP contribution is 2.27. The average molecular weight is 443 g/mol. The number of carbonyl (C=O) groups is 1. The van der Waals surface area contributed by atoms with Crippen molar-refractivity contribution in [2.75, 3.05) is 38.2 Å². The van der Waals surface area contributed by atoms with Gasteiger partial charge in [-0.1, -0.05) is 31.2 Å². The van der Waals surface area contributed by atoms with Crippen molar-refractivity contribution in [2.45, 2.75) is 13.3 Å². The molecule has 8 nitrogen and oxygen atoms in total. The van der Waals surface area contributed by atoms with Crippen molar-refractivity contribution in [3.8, 4) is 11.4 Å². The summed E-state index contributed by atoms with van der Waals surface area (Å²) >= 11 is 0. The molecular weight excluding hydrogens is 416 g/mol. The zero-order valence-corrected chi connectivity index (χ0v) is 18.8. The normalized spacial score (nSPS) is 14.0. The van der Waals surface area contributed by atoms with Gasteiger partial charge in [0.15, 0.2) is 5.65 Å². The maximum atomic E-state index is 13.0. The topological polar surface area (TPSA) is 76.4 Å². The predicted octanol–water partition coefficient (Wildman–Crippen LogP) is 3.35. The molecule has 0 unspecified atom stereocenters. The molecule has 0 N–H and O–H groups in total. The minimum atomic E-state index is 0.0209. The molecule has 2 aromatic carbocycles. The molecule has 0 atom stereocenters. The van der Waals surface area contributed by atoms with Crippen LogP contribution in [-0.2, 0) is 6.42 Å². The van der Waals surface area contributed by atoms with E-state index in [1.165, 1.54) is 0 Å². The average Bonchev–Trinajstić information content (AvgIpc) is 3.32. The highest BCUT2D eigenvalue weighted by molar-refractivity contribution is 5.95. The van der Waals surface area contributed by atoms with Gasteiger partial charge < -0.3 is 14.5 Å². The number of methoxy groups -OCH3 is 1. The number of aryl methyl sites for hydroxylation is 1. The van der Waals surface area contributed by atoms with Crippen LogP contribution in [0.4, 0.5) is 5.82 Å². The maximum absolute atomic E-state index is 13.0. The van der Waals surface area contributed by atoms with Gasteiger partial charge in [-0.05, 0) is 30.3 Å². The molecule has 1 aliphatic rings. The van der Waals surface area contributed by atoms with Gasteiger partial charge in [-0.3, -0.25) is 4.79 Å². The van der Waals surface area contributed by atoms with E-state index in [2.05, 4.69) is 16.9 Å². The molecule has 2 aromatic heterocycles. The van der Waals surface area contributed by atoms with Gasteiger partial charge >= 0.3 is 0 Å². The molecule has 1 fully saturated rings. The van der Waals surface area contributed by atoms with E-state index < -0.39 is 0 Å². The quantitative estimate of drug-likeness (QED) is 0.472. The highest BCUT2D eigenvalue weighted by Gasteiger charge is 2.25. The van der Waals surface area contributed by atoms with E-state index in [-0.39, 0.29) is 5.91 Å². The third-order valence-corrected chi connectivity index (χ3v) is 5.95. The predicted molar refractivity (Wildman–Crippen MR) is 127 cm³/mol. The van der Waals surface area contributed by atoms with Gasteiger partial charge in [0.2, 0.25) is 0 Å². The lowest BCUT2D eigenvalue weighted by molar-refractivity contribution is 0.0746. The second-order valence-corrected chi connectivity index (χ2v) is 7.96. The zero-order chi connectivity index (χ0) is 22.8. The van der Waals surface area contributed by atoms with Gasteiger partial charge in [-0.2, -0.15) is 5.10 Å². The molecule has 0 saturated carbocycles. The van der Waals surface area contributed by atoms with E-state index in [1.807, 2.05) is 64.3 Å². The van der Waals surface area contributed by atoms with Crippen molar-refractivity contribution in [1.82, 2.24) is 24.6 Å². The summed E-state index contributed by atoms with van der Waals surface area (Å²) < 4.78 is 7.13. The molecule has 168 valence electrons. The zero-order valence-electron chi connectivity index (χ0n) is 18.8. The maximum Gasteiger partial charge on any atom is 0.254 e.